The molecule has 0 atom stereocenters. The summed E-state index contributed by atoms with van der Waals surface area (Å²) < 4.78 is 5.79. The Balaban J connectivity index is 2.02. The zero-order chi connectivity index (χ0) is 18.9. The molecule has 0 aliphatic carbocycles. The number of benzene rings is 1. The smallest absolute Gasteiger partial charge is 0.270 e. The van der Waals surface area contributed by atoms with Crippen molar-refractivity contribution in [3.8, 4) is 5.75 Å². The van der Waals surface area contributed by atoms with Gasteiger partial charge >= 0.3 is 0 Å². The molecule has 2 N–H and O–H groups in total. The van der Waals surface area contributed by atoms with Gasteiger partial charge in [0.2, 0.25) is 0 Å². The maximum absolute atomic E-state index is 12.2. The van der Waals surface area contributed by atoms with Crippen LogP contribution in [0.3, 0.4) is 0 Å². The second kappa shape index (κ2) is 9.72. The molecule has 2 rings (SSSR count). The fraction of sp³-hybridized carbons (Fsp3) is 0.421. The van der Waals surface area contributed by atoms with Crippen LogP contribution in [0.5, 0.6) is 5.75 Å². The first-order valence-corrected chi connectivity index (χ1v) is 8.73. The SMILES string of the molecule is CC(C)Oc1ccccc1Nc1cc(C(=O)NCCCN(C)C)ncn1. The third kappa shape index (κ3) is 6.33. The minimum atomic E-state index is -0.207. The van der Waals surface area contributed by atoms with Crippen molar-refractivity contribution < 1.29 is 9.53 Å². The van der Waals surface area contributed by atoms with E-state index in [1.807, 2.05) is 52.2 Å². The van der Waals surface area contributed by atoms with Crippen molar-refractivity contribution in [1.82, 2.24) is 20.2 Å². The highest BCUT2D eigenvalue weighted by Crippen LogP contribution is 2.27. The van der Waals surface area contributed by atoms with E-state index in [1.54, 1.807) is 6.07 Å². The Labute approximate surface area is 154 Å². The molecule has 140 valence electrons. The van der Waals surface area contributed by atoms with Gasteiger partial charge in [0.25, 0.3) is 5.91 Å². The van der Waals surface area contributed by atoms with Crippen LogP contribution in [0.4, 0.5) is 11.5 Å². The quantitative estimate of drug-likeness (QED) is 0.672. The Morgan fingerprint density at radius 3 is 2.73 bits per heavy atom. The first-order chi connectivity index (χ1) is 12.5. The molecule has 7 nitrogen and oxygen atoms in total. The molecule has 1 aromatic carbocycles. The molecule has 0 bridgehead atoms. The van der Waals surface area contributed by atoms with Crippen molar-refractivity contribution in [3.05, 3.63) is 42.4 Å². The van der Waals surface area contributed by atoms with Gasteiger partial charge in [0.1, 0.15) is 23.6 Å². The largest absolute Gasteiger partial charge is 0.489 e. The van der Waals surface area contributed by atoms with Crippen LogP contribution in [0, 0.1) is 0 Å². The van der Waals surface area contributed by atoms with Gasteiger partial charge in [0.15, 0.2) is 0 Å². The fourth-order valence-corrected chi connectivity index (χ4v) is 2.30. The summed E-state index contributed by atoms with van der Waals surface area (Å²) in [6.45, 7) is 5.47. The Morgan fingerprint density at radius 1 is 1.23 bits per heavy atom. The van der Waals surface area contributed by atoms with Gasteiger partial charge in [-0.2, -0.15) is 0 Å². The standard InChI is InChI=1S/C19H27N5O2/c1-14(2)26-17-9-6-5-8-15(17)23-18-12-16(21-13-22-18)19(25)20-10-7-11-24(3)4/h5-6,8-9,12-14H,7,10-11H2,1-4H3,(H,20,25)(H,21,22,23). The topological polar surface area (TPSA) is 79.4 Å². The summed E-state index contributed by atoms with van der Waals surface area (Å²) in [6.07, 6.45) is 2.32. The van der Waals surface area contributed by atoms with E-state index in [9.17, 15) is 4.79 Å². The number of anilines is 2. The van der Waals surface area contributed by atoms with Gasteiger partial charge in [-0.25, -0.2) is 9.97 Å². The van der Waals surface area contributed by atoms with E-state index < -0.39 is 0 Å². The summed E-state index contributed by atoms with van der Waals surface area (Å²) in [7, 11) is 4.01. The average Bonchev–Trinajstić information content (AvgIpc) is 2.60. The average molecular weight is 357 g/mol. The molecule has 0 saturated heterocycles. The maximum Gasteiger partial charge on any atom is 0.270 e. The third-order valence-corrected chi connectivity index (χ3v) is 3.48. The van der Waals surface area contributed by atoms with Gasteiger partial charge in [-0.1, -0.05) is 12.1 Å². The van der Waals surface area contributed by atoms with Crippen LogP contribution in [0.25, 0.3) is 0 Å². The van der Waals surface area contributed by atoms with E-state index in [1.165, 1.54) is 6.33 Å². The van der Waals surface area contributed by atoms with Crippen LogP contribution in [-0.2, 0) is 0 Å². The van der Waals surface area contributed by atoms with E-state index in [4.69, 9.17) is 4.74 Å². The number of carbonyl (C=O) groups excluding carboxylic acids is 1. The number of carbonyl (C=O) groups is 1. The summed E-state index contributed by atoms with van der Waals surface area (Å²) in [5.41, 5.74) is 1.12. The molecule has 0 saturated carbocycles. The van der Waals surface area contributed by atoms with Crippen LogP contribution in [0.15, 0.2) is 36.7 Å². The highest BCUT2D eigenvalue weighted by molar-refractivity contribution is 5.93. The van der Waals surface area contributed by atoms with Crippen molar-refractivity contribution in [1.29, 1.82) is 0 Å². The minimum Gasteiger partial charge on any atom is -0.489 e. The minimum absolute atomic E-state index is 0.0619. The number of hydrogen-bond donors (Lipinski definition) is 2. The second-order valence-electron chi connectivity index (χ2n) is 6.49. The fourth-order valence-electron chi connectivity index (χ4n) is 2.30. The van der Waals surface area contributed by atoms with Gasteiger partial charge in [-0.05, 0) is 53.0 Å². The first-order valence-electron chi connectivity index (χ1n) is 8.73. The Bertz CT molecular complexity index is 719. The van der Waals surface area contributed by atoms with Gasteiger partial charge in [-0.15, -0.1) is 0 Å². The second-order valence-corrected chi connectivity index (χ2v) is 6.49. The lowest BCUT2D eigenvalue weighted by Crippen LogP contribution is -2.27. The lowest BCUT2D eigenvalue weighted by molar-refractivity contribution is 0.0947. The molecule has 0 fully saturated rings. The lowest BCUT2D eigenvalue weighted by atomic mass is 10.2. The van der Waals surface area contributed by atoms with E-state index in [0.29, 0.717) is 18.1 Å². The molecule has 0 aliphatic heterocycles. The number of nitrogens with zero attached hydrogens (tertiary/aromatic N) is 3. The van der Waals surface area contributed by atoms with Crippen LogP contribution < -0.4 is 15.4 Å². The maximum atomic E-state index is 12.2. The summed E-state index contributed by atoms with van der Waals surface area (Å²) in [5.74, 6) is 1.06. The molecule has 0 radical (unpaired) electrons. The third-order valence-electron chi connectivity index (χ3n) is 3.48. The molecule has 0 aliphatic rings. The van der Waals surface area contributed by atoms with Crippen molar-refractivity contribution >= 4 is 17.4 Å². The molecule has 0 spiro atoms. The van der Waals surface area contributed by atoms with Gasteiger partial charge in [0.05, 0.1) is 11.8 Å². The number of aromatic nitrogens is 2. The Hall–Kier alpha value is -2.67. The van der Waals surface area contributed by atoms with Crippen molar-refractivity contribution in [3.63, 3.8) is 0 Å². The molecule has 0 unspecified atom stereocenters. The summed E-state index contributed by atoms with van der Waals surface area (Å²) in [4.78, 5) is 22.6. The van der Waals surface area contributed by atoms with Crippen LogP contribution in [0.2, 0.25) is 0 Å². The zero-order valence-electron chi connectivity index (χ0n) is 15.8. The predicted octanol–water partition coefficient (Wildman–Crippen LogP) is 2.69. The number of para-hydroxylation sites is 2. The molecular formula is C19H27N5O2. The Morgan fingerprint density at radius 2 is 2.00 bits per heavy atom. The highest BCUT2D eigenvalue weighted by Gasteiger charge is 2.10. The first kappa shape index (κ1) is 19.7. The molecule has 1 aromatic heterocycles. The van der Waals surface area contributed by atoms with Crippen LogP contribution in [-0.4, -0.2) is 54.1 Å². The summed E-state index contributed by atoms with van der Waals surface area (Å²) in [5, 5.41) is 6.07. The van der Waals surface area contributed by atoms with Gasteiger partial charge in [0, 0.05) is 12.6 Å². The number of hydrogen-bond acceptors (Lipinski definition) is 6. The monoisotopic (exact) mass is 357 g/mol. The highest BCUT2D eigenvalue weighted by atomic mass is 16.5. The summed E-state index contributed by atoms with van der Waals surface area (Å²) in [6, 6.07) is 9.25. The van der Waals surface area contributed by atoms with Crippen molar-refractivity contribution in [2.45, 2.75) is 26.4 Å². The molecule has 1 amide bonds. The van der Waals surface area contributed by atoms with Crippen LogP contribution in [0.1, 0.15) is 30.8 Å². The molecular weight excluding hydrogens is 330 g/mol. The van der Waals surface area contributed by atoms with E-state index >= 15 is 0 Å². The van der Waals surface area contributed by atoms with Gasteiger partial charge in [-0.3, -0.25) is 4.79 Å². The molecule has 7 heteroatoms. The van der Waals surface area contributed by atoms with Gasteiger partial charge < -0.3 is 20.3 Å². The number of amides is 1. The zero-order valence-corrected chi connectivity index (χ0v) is 15.8. The van der Waals surface area contributed by atoms with Crippen molar-refractivity contribution in [2.75, 3.05) is 32.5 Å². The van der Waals surface area contributed by atoms with E-state index in [-0.39, 0.29) is 12.0 Å². The predicted molar refractivity (Wildman–Crippen MR) is 103 cm³/mol. The van der Waals surface area contributed by atoms with Crippen LogP contribution >= 0.6 is 0 Å². The van der Waals surface area contributed by atoms with Crippen molar-refractivity contribution in [2.24, 2.45) is 0 Å². The molecule has 2 aromatic rings. The normalized spacial score (nSPS) is 10.8. The van der Waals surface area contributed by atoms with E-state index in [0.717, 1.165) is 24.4 Å². The number of nitrogens with one attached hydrogen (secondary N) is 2. The molecule has 26 heavy (non-hydrogen) atoms. The van der Waals surface area contributed by atoms with E-state index in [2.05, 4.69) is 25.5 Å². The Kier molecular flexibility index (Phi) is 7.35. The number of rotatable bonds is 9. The summed E-state index contributed by atoms with van der Waals surface area (Å²) >= 11 is 0. The lowest BCUT2D eigenvalue weighted by Gasteiger charge is -2.15. The molecule has 1 heterocycles. The number of ether oxygens (including phenoxy) is 1.